The van der Waals surface area contributed by atoms with Crippen LogP contribution < -0.4 is 4.90 Å². The molecule has 1 aromatic rings. The molecular weight excluding hydrogens is 316 g/mol. The summed E-state index contributed by atoms with van der Waals surface area (Å²) < 4.78 is 0. The second-order valence-electron chi connectivity index (χ2n) is 6.16. The van der Waals surface area contributed by atoms with Gasteiger partial charge < -0.3 is 5.11 Å². The predicted molar refractivity (Wildman–Crippen MR) is 87.4 cm³/mol. The highest BCUT2D eigenvalue weighted by Gasteiger charge is 2.46. The number of Topliss-reactive ketones (excluding diaryl/α,β-unsaturated/α-hetero) is 1. The molecule has 1 unspecified atom stereocenters. The first-order valence-electron chi connectivity index (χ1n) is 7.89. The highest BCUT2D eigenvalue weighted by atomic mass is 35.5. The maximum atomic E-state index is 12.6. The number of carbonyl (C=O) groups is 2. The van der Waals surface area contributed by atoms with Crippen molar-refractivity contribution in [3.8, 4) is 0 Å². The van der Waals surface area contributed by atoms with Crippen molar-refractivity contribution >= 4 is 29.0 Å². The van der Waals surface area contributed by atoms with Gasteiger partial charge in [-0.05, 0) is 31.7 Å². The zero-order valence-electron chi connectivity index (χ0n) is 13.0. The minimum atomic E-state index is -0.569. The number of hydrogen-bond donors (Lipinski definition) is 1. The molecule has 6 heteroatoms. The van der Waals surface area contributed by atoms with Gasteiger partial charge in [-0.1, -0.05) is 30.9 Å². The largest absolute Gasteiger partial charge is 0.503 e. The lowest BCUT2D eigenvalue weighted by molar-refractivity contribution is -0.117. The summed E-state index contributed by atoms with van der Waals surface area (Å²) in [6.07, 6.45) is 8.20. The third-order valence-electron chi connectivity index (χ3n) is 4.73. The summed E-state index contributed by atoms with van der Waals surface area (Å²) in [5, 5.41) is 10.6. The molecule has 2 heterocycles. The van der Waals surface area contributed by atoms with Crippen LogP contribution in [0.25, 0.3) is 0 Å². The topological polar surface area (TPSA) is 70.5 Å². The summed E-state index contributed by atoms with van der Waals surface area (Å²) in [6.45, 7) is 1.39. The molecule has 0 radical (unpaired) electrons. The van der Waals surface area contributed by atoms with Crippen LogP contribution in [-0.4, -0.2) is 27.8 Å². The highest BCUT2D eigenvalue weighted by molar-refractivity contribution is 6.34. The standard InChI is InChI=1S/C17H19ClN2O3/c1-10(21)14-15(11-5-3-2-4-6-11)20(17(23)16(14)22)13-9-19-8-7-12(13)18/h7-9,11,15,22H,2-6H2,1H3. The van der Waals surface area contributed by atoms with E-state index in [1.807, 2.05) is 0 Å². The Kier molecular flexibility index (Phi) is 4.39. The van der Waals surface area contributed by atoms with E-state index < -0.39 is 17.7 Å². The van der Waals surface area contributed by atoms with Gasteiger partial charge in [0.1, 0.15) is 0 Å². The summed E-state index contributed by atoms with van der Waals surface area (Å²) in [5.74, 6) is -1.14. The lowest BCUT2D eigenvalue weighted by atomic mass is 9.80. The van der Waals surface area contributed by atoms with Gasteiger partial charge in [0.15, 0.2) is 11.5 Å². The zero-order chi connectivity index (χ0) is 16.6. The van der Waals surface area contributed by atoms with E-state index in [2.05, 4.69) is 4.98 Å². The van der Waals surface area contributed by atoms with E-state index in [4.69, 9.17) is 11.6 Å². The number of amides is 1. The average molecular weight is 335 g/mol. The van der Waals surface area contributed by atoms with E-state index in [-0.39, 0.29) is 17.3 Å². The van der Waals surface area contributed by atoms with Crippen LogP contribution >= 0.6 is 11.6 Å². The molecule has 1 atom stereocenters. The first-order valence-corrected chi connectivity index (χ1v) is 8.27. The maximum Gasteiger partial charge on any atom is 0.294 e. The van der Waals surface area contributed by atoms with Crippen molar-refractivity contribution < 1.29 is 14.7 Å². The number of pyridine rings is 1. The summed E-state index contributed by atoms with van der Waals surface area (Å²) in [5.41, 5.74) is 0.652. The summed E-state index contributed by atoms with van der Waals surface area (Å²) in [7, 11) is 0. The molecule has 0 bridgehead atoms. The van der Waals surface area contributed by atoms with Gasteiger partial charge in [-0.3, -0.25) is 19.5 Å². The van der Waals surface area contributed by atoms with Crippen molar-refractivity contribution in [2.75, 3.05) is 4.90 Å². The monoisotopic (exact) mass is 334 g/mol. The van der Waals surface area contributed by atoms with Crippen molar-refractivity contribution in [2.45, 2.75) is 45.1 Å². The molecule has 1 saturated carbocycles. The number of hydrogen-bond acceptors (Lipinski definition) is 4. The van der Waals surface area contributed by atoms with Crippen molar-refractivity contribution in [1.82, 2.24) is 4.98 Å². The molecular formula is C17H19ClN2O3. The molecule has 5 nitrogen and oxygen atoms in total. The molecule has 23 heavy (non-hydrogen) atoms. The van der Waals surface area contributed by atoms with Crippen LogP contribution in [-0.2, 0) is 9.59 Å². The maximum absolute atomic E-state index is 12.6. The van der Waals surface area contributed by atoms with Crippen LogP contribution in [0.2, 0.25) is 5.02 Å². The SMILES string of the molecule is CC(=O)C1=C(O)C(=O)N(c2cnccc2Cl)C1C1CCCCC1. The Bertz CT molecular complexity index is 680. The number of anilines is 1. The first kappa shape index (κ1) is 16.0. The van der Waals surface area contributed by atoms with Gasteiger partial charge in [0.25, 0.3) is 5.91 Å². The Labute approximate surface area is 140 Å². The average Bonchev–Trinajstić information content (AvgIpc) is 2.81. The van der Waals surface area contributed by atoms with Crippen molar-refractivity contribution in [3.05, 3.63) is 34.8 Å². The molecule has 0 aromatic carbocycles. The molecule has 1 aliphatic carbocycles. The van der Waals surface area contributed by atoms with E-state index in [1.165, 1.54) is 18.0 Å². The van der Waals surface area contributed by atoms with Crippen molar-refractivity contribution in [2.24, 2.45) is 5.92 Å². The quantitative estimate of drug-likeness (QED) is 0.919. The summed E-state index contributed by atoms with van der Waals surface area (Å²) in [4.78, 5) is 30.2. The first-order chi connectivity index (χ1) is 11.0. The lowest BCUT2D eigenvalue weighted by Crippen LogP contribution is -2.42. The Morgan fingerprint density at radius 1 is 1.35 bits per heavy atom. The fourth-order valence-corrected chi connectivity index (χ4v) is 3.90. The molecule has 3 rings (SSSR count). The van der Waals surface area contributed by atoms with E-state index in [1.54, 1.807) is 12.3 Å². The predicted octanol–water partition coefficient (Wildman–Crippen LogP) is 3.43. The normalized spacial score (nSPS) is 22.8. The van der Waals surface area contributed by atoms with Gasteiger partial charge >= 0.3 is 0 Å². The smallest absolute Gasteiger partial charge is 0.294 e. The van der Waals surface area contributed by atoms with E-state index in [0.29, 0.717) is 10.7 Å². The van der Waals surface area contributed by atoms with Crippen LogP contribution in [0.4, 0.5) is 5.69 Å². The van der Waals surface area contributed by atoms with Gasteiger partial charge in [0.05, 0.1) is 28.5 Å². The van der Waals surface area contributed by atoms with Crippen LogP contribution in [0.5, 0.6) is 0 Å². The highest BCUT2D eigenvalue weighted by Crippen LogP contribution is 2.41. The number of carbonyl (C=O) groups excluding carboxylic acids is 2. The van der Waals surface area contributed by atoms with Gasteiger partial charge in [-0.15, -0.1) is 0 Å². The summed E-state index contributed by atoms with van der Waals surface area (Å²) in [6, 6.07) is 1.15. The second kappa shape index (κ2) is 6.32. The molecule has 2 aliphatic rings. The number of nitrogens with zero attached hydrogens (tertiary/aromatic N) is 2. The number of aliphatic hydroxyl groups excluding tert-OH is 1. The van der Waals surface area contributed by atoms with Gasteiger partial charge in [-0.2, -0.15) is 0 Å². The summed E-state index contributed by atoms with van der Waals surface area (Å²) >= 11 is 6.23. The number of ketones is 1. The molecule has 1 fully saturated rings. The van der Waals surface area contributed by atoms with E-state index in [9.17, 15) is 14.7 Å². The van der Waals surface area contributed by atoms with E-state index >= 15 is 0 Å². The molecule has 1 aliphatic heterocycles. The Balaban J connectivity index is 2.08. The third kappa shape index (κ3) is 2.74. The van der Waals surface area contributed by atoms with Crippen molar-refractivity contribution in [3.63, 3.8) is 0 Å². The third-order valence-corrected chi connectivity index (χ3v) is 5.05. The van der Waals surface area contributed by atoms with Gasteiger partial charge in [-0.25, -0.2) is 0 Å². The van der Waals surface area contributed by atoms with Crippen LogP contribution in [0, 0.1) is 5.92 Å². The molecule has 1 aromatic heterocycles. The molecule has 1 amide bonds. The molecule has 1 N–H and O–H groups in total. The number of aliphatic hydroxyl groups is 1. The van der Waals surface area contributed by atoms with E-state index in [0.717, 1.165) is 32.1 Å². The molecule has 122 valence electrons. The zero-order valence-corrected chi connectivity index (χ0v) is 13.7. The Morgan fingerprint density at radius 2 is 2.04 bits per heavy atom. The van der Waals surface area contributed by atoms with Gasteiger partial charge in [0, 0.05) is 6.20 Å². The lowest BCUT2D eigenvalue weighted by Gasteiger charge is -2.35. The van der Waals surface area contributed by atoms with Crippen LogP contribution in [0.1, 0.15) is 39.0 Å². The van der Waals surface area contributed by atoms with Crippen molar-refractivity contribution in [1.29, 1.82) is 0 Å². The Morgan fingerprint density at radius 3 is 2.65 bits per heavy atom. The van der Waals surface area contributed by atoms with Crippen LogP contribution in [0.3, 0.4) is 0 Å². The fourth-order valence-electron chi connectivity index (χ4n) is 3.70. The number of rotatable bonds is 3. The van der Waals surface area contributed by atoms with Crippen LogP contribution in [0.15, 0.2) is 29.8 Å². The number of aromatic nitrogens is 1. The fraction of sp³-hybridized carbons (Fsp3) is 0.471. The minimum Gasteiger partial charge on any atom is -0.503 e. The Hall–Kier alpha value is -1.88. The van der Waals surface area contributed by atoms with Gasteiger partial charge in [0.2, 0.25) is 0 Å². The second-order valence-corrected chi connectivity index (χ2v) is 6.57. The number of halogens is 1. The molecule has 0 spiro atoms. The minimum absolute atomic E-state index is 0.146. The molecule has 0 saturated heterocycles.